The van der Waals surface area contributed by atoms with Crippen molar-refractivity contribution in [2.24, 2.45) is 0 Å². The van der Waals surface area contributed by atoms with Gasteiger partial charge < -0.3 is 18.4 Å². The van der Waals surface area contributed by atoms with Gasteiger partial charge in [-0.2, -0.15) is 4.98 Å². The fourth-order valence-corrected chi connectivity index (χ4v) is 2.78. The van der Waals surface area contributed by atoms with Crippen LogP contribution in [0.2, 0.25) is 5.02 Å². The first-order chi connectivity index (χ1) is 11.8. The van der Waals surface area contributed by atoms with E-state index in [-0.39, 0.29) is 0 Å². The lowest BCUT2D eigenvalue weighted by Gasteiger charge is -2.09. The second kappa shape index (κ2) is 6.57. The van der Waals surface area contributed by atoms with Crippen LogP contribution in [0, 0.1) is 0 Å². The molecule has 6 nitrogen and oxygen atoms in total. The van der Waals surface area contributed by atoms with E-state index in [0.29, 0.717) is 54.3 Å². The van der Waals surface area contributed by atoms with E-state index in [1.165, 1.54) is 0 Å². The van der Waals surface area contributed by atoms with Crippen LogP contribution in [0.1, 0.15) is 18.1 Å². The molecule has 1 aromatic carbocycles. The molecule has 0 saturated carbocycles. The Kier molecular flexibility index (Phi) is 4.13. The van der Waals surface area contributed by atoms with E-state index in [1.807, 2.05) is 18.2 Å². The maximum Gasteiger partial charge on any atom is 0.227 e. The van der Waals surface area contributed by atoms with Crippen molar-refractivity contribution in [3.05, 3.63) is 47.2 Å². The van der Waals surface area contributed by atoms with E-state index in [4.69, 9.17) is 30.0 Å². The molecule has 0 saturated heterocycles. The Morgan fingerprint density at radius 3 is 2.92 bits per heavy atom. The zero-order valence-electron chi connectivity index (χ0n) is 12.8. The van der Waals surface area contributed by atoms with Gasteiger partial charge in [0, 0.05) is 24.8 Å². The molecule has 0 amide bonds. The smallest absolute Gasteiger partial charge is 0.227 e. The van der Waals surface area contributed by atoms with Crippen molar-refractivity contribution in [2.75, 3.05) is 13.2 Å². The van der Waals surface area contributed by atoms with E-state index in [1.54, 1.807) is 12.3 Å². The van der Waals surface area contributed by atoms with Crippen LogP contribution in [-0.2, 0) is 12.8 Å². The van der Waals surface area contributed by atoms with Crippen LogP contribution in [0.25, 0.3) is 11.4 Å². The van der Waals surface area contributed by atoms with Gasteiger partial charge in [-0.05, 0) is 24.3 Å². The lowest BCUT2D eigenvalue weighted by Crippen LogP contribution is -1.97. The fraction of sp³-hybridized carbons (Fsp3) is 0.294. The molecule has 0 N–H and O–H groups in total. The number of aryl methyl sites for hydroxylation is 2. The van der Waals surface area contributed by atoms with Crippen LogP contribution in [-0.4, -0.2) is 23.4 Å². The van der Waals surface area contributed by atoms with Gasteiger partial charge in [0.05, 0.1) is 24.5 Å². The van der Waals surface area contributed by atoms with Gasteiger partial charge in [-0.15, -0.1) is 0 Å². The highest BCUT2D eigenvalue weighted by atomic mass is 35.5. The normalized spacial score (nSPS) is 13.7. The highest BCUT2D eigenvalue weighted by molar-refractivity contribution is 6.32. The second-order valence-corrected chi connectivity index (χ2v) is 5.83. The molecule has 2 aromatic heterocycles. The lowest BCUT2D eigenvalue weighted by atomic mass is 10.2. The molecule has 3 heterocycles. The minimum Gasteiger partial charge on any atom is -0.489 e. The number of fused-ring (bicyclic) bond motifs is 1. The number of hydrogen-bond acceptors (Lipinski definition) is 6. The van der Waals surface area contributed by atoms with Crippen molar-refractivity contribution in [2.45, 2.75) is 19.3 Å². The summed E-state index contributed by atoms with van der Waals surface area (Å²) in [6.45, 7) is 1.18. The topological polar surface area (TPSA) is 70.5 Å². The van der Waals surface area contributed by atoms with Gasteiger partial charge in [-0.3, -0.25) is 0 Å². The van der Waals surface area contributed by atoms with E-state index in [0.717, 1.165) is 17.7 Å². The molecule has 1 aliphatic rings. The van der Waals surface area contributed by atoms with Crippen LogP contribution >= 0.6 is 11.6 Å². The highest BCUT2D eigenvalue weighted by Crippen LogP contribution is 2.40. The van der Waals surface area contributed by atoms with Gasteiger partial charge in [0.2, 0.25) is 11.7 Å². The summed E-state index contributed by atoms with van der Waals surface area (Å²) in [5.74, 6) is 3.08. The zero-order chi connectivity index (χ0) is 16.4. The molecule has 0 atom stereocenters. The van der Waals surface area contributed by atoms with E-state index in [9.17, 15) is 0 Å². The van der Waals surface area contributed by atoms with Crippen LogP contribution < -0.4 is 9.47 Å². The van der Waals surface area contributed by atoms with Gasteiger partial charge in [0.15, 0.2) is 11.5 Å². The largest absolute Gasteiger partial charge is 0.489 e. The van der Waals surface area contributed by atoms with E-state index >= 15 is 0 Å². The molecule has 4 rings (SSSR count). The van der Waals surface area contributed by atoms with E-state index < -0.39 is 0 Å². The Morgan fingerprint density at radius 2 is 2.04 bits per heavy atom. The molecule has 3 aromatic rings. The third kappa shape index (κ3) is 3.10. The van der Waals surface area contributed by atoms with Gasteiger partial charge in [0.1, 0.15) is 5.76 Å². The molecule has 24 heavy (non-hydrogen) atoms. The molecule has 0 bridgehead atoms. The Hall–Kier alpha value is -2.47. The highest BCUT2D eigenvalue weighted by Gasteiger charge is 2.18. The number of benzene rings is 1. The van der Waals surface area contributed by atoms with Gasteiger partial charge >= 0.3 is 0 Å². The van der Waals surface area contributed by atoms with Crippen LogP contribution in [0.3, 0.4) is 0 Å². The maximum absolute atomic E-state index is 6.30. The molecule has 0 radical (unpaired) electrons. The summed E-state index contributed by atoms with van der Waals surface area (Å²) in [5.41, 5.74) is 0.734. The number of aromatic nitrogens is 2. The molecule has 7 heteroatoms. The van der Waals surface area contributed by atoms with Crippen LogP contribution in [0.4, 0.5) is 0 Å². The molecule has 0 unspecified atom stereocenters. The van der Waals surface area contributed by atoms with Gasteiger partial charge in [-0.1, -0.05) is 16.8 Å². The van der Waals surface area contributed by atoms with Crippen molar-refractivity contribution in [3.63, 3.8) is 0 Å². The fourth-order valence-electron chi connectivity index (χ4n) is 2.52. The van der Waals surface area contributed by atoms with Crippen molar-refractivity contribution >= 4 is 11.6 Å². The van der Waals surface area contributed by atoms with Crippen molar-refractivity contribution in [1.82, 2.24) is 10.1 Å². The summed E-state index contributed by atoms with van der Waals surface area (Å²) in [7, 11) is 0. The minimum atomic E-state index is 0.474. The number of halogens is 1. The summed E-state index contributed by atoms with van der Waals surface area (Å²) in [6, 6.07) is 7.36. The Bertz CT molecular complexity index is 829. The first kappa shape index (κ1) is 15.1. The summed E-state index contributed by atoms with van der Waals surface area (Å²) in [6.07, 6.45) is 3.78. The lowest BCUT2D eigenvalue weighted by molar-refractivity contribution is 0.297. The minimum absolute atomic E-state index is 0.474. The van der Waals surface area contributed by atoms with E-state index in [2.05, 4.69) is 10.1 Å². The van der Waals surface area contributed by atoms with Crippen LogP contribution in [0.15, 0.2) is 39.5 Å². The number of rotatable bonds is 4. The second-order valence-electron chi connectivity index (χ2n) is 5.43. The quantitative estimate of drug-likeness (QED) is 0.712. The molecule has 124 valence electrons. The predicted octanol–water partition coefficient (Wildman–Crippen LogP) is 3.93. The predicted molar refractivity (Wildman–Crippen MR) is 86.5 cm³/mol. The average Bonchev–Trinajstić information content (AvgIpc) is 3.20. The summed E-state index contributed by atoms with van der Waals surface area (Å²) in [4.78, 5) is 4.42. The standard InChI is InChI=1S/C17H15ClN2O4/c18-13-9-11(10-14-16(13)23-8-2-7-22-14)17-19-15(24-20-17)5-4-12-3-1-6-21-12/h1,3,6,9-10H,2,4-5,7-8H2. The third-order valence-corrected chi connectivity index (χ3v) is 3.97. The van der Waals surface area contributed by atoms with Gasteiger partial charge in [-0.25, -0.2) is 0 Å². The third-order valence-electron chi connectivity index (χ3n) is 3.69. The number of nitrogens with zero attached hydrogens (tertiary/aromatic N) is 2. The summed E-state index contributed by atoms with van der Waals surface area (Å²) in [5, 5.41) is 4.51. The summed E-state index contributed by atoms with van der Waals surface area (Å²) >= 11 is 6.30. The number of ether oxygens (including phenoxy) is 2. The van der Waals surface area contributed by atoms with Crippen LogP contribution in [0.5, 0.6) is 11.5 Å². The molecule has 0 fully saturated rings. The van der Waals surface area contributed by atoms with Gasteiger partial charge in [0.25, 0.3) is 0 Å². The number of furan rings is 1. The molecule has 0 spiro atoms. The first-order valence-electron chi connectivity index (χ1n) is 7.74. The Labute approximate surface area is 143 Å². The first-order valence-corrected chi connectivity index (χ1v) is 8.12. The Morgan fingerprint density at radius 1 is 1.12 bits per heavy atom. The SMILES string of the molecule is Clc1cc(-c2noc(CCc3ccco3)n2)cc2c1OCCCO2. The maximum atomic E-state index is 6.30. The Balaban J connectivity index is 1.55. The summed E-state index contributed by atoms with van der Waals surface area (Å²) < 4.78 is 21.9. The molecular weight excluding hydrogens is 332 g/mol. The molecular formula is C17H15ClN2O4. The monoisotopic (exact) mass is 346 g/mol. The van der Waals surface area contributed by atoms with Crippen molar-refractivity contribution < 1.29 is 18.4 Å². The molecule has 0 aliphatic carbocycles. The number of hydrogen-bond donors (Lipinski definition) is 0. The van der Waals surface area contributed by atoms with Crippen molar-refractivity contribution in [3.8, 4) is 22.9 Å². The average molecular weight is 347 g/mol. The van der Waals surface area contributed by atoms with Crippen molar-refractivity contribution in [1.29, 1.82) is 0 Å². The molecule has 1 aliphatic heterocycles. The zero-order valence-corrected chi connectivity index (χ0v) is 13.6.